The molecule has 0 bridgehead atoms. The van der Waals surface area contributed by atoms with Gasteiger partial charge >= 0.3 is 88.7 Å². The van der Waals surface area contributed by atoms with Gasteiger partial charge in [-0.15, -0.1) is 10.2 Å². The zero-order valence-electron chi connectivity index (χ0n) is 29.1. The van der Waals surface area contributed by atoms with E-state index in [4.69, 9.17) is 4.74 Å². The van der Waals surface area contributed by atoms with E-state index >= 15 is 0 Å². The van der Waals surface area contributed by atoms with Crippen molar-refractivity contribution in [3.8, 4) is 11.5 Å². The molecule has 5 aromatic rings. The van der Waals surface area contributed by atoms with Crippen LogP contribution in [0.15, 0.2) is 102 Å². The summed E-state index contributed by atoms with van der Waals surface area (Å²) in [6, 6.07) is 12.6. The number of phenols is 1. The summed E-state index contributed by atoms with van der Waals surface area (Å²) in [5, 5.41) is 26.7. The monoisotopic (exact) mass is 845 g/mol. The van der Waals surface area contributed by atoms with Crippen molar-refractivity contribution in [1.29, 1.82) is 0 Å². The molecule has 0 aliphatic rings. The first-order chi connectivity index (χ1) is 23.5. The largest absolute Gasteiger partial charge is 1.00 e. The number of methoxy groups -OCH3 is 1. The molecule has 0 saturated carbocycles. The van der Waals surface area contributed by atoms with Crippen molar-refractivity contribution >= 4 is 90.4 Å². The Morgan fingerprint density at radius 2 is 1.28 bits per heavy atom. The summed E-state index contributed by atoms with van der Waals surface area (Å²) in [6.45, 7) is 1.57. The zero-order chi connectivity index (χ0) is 37.7. The summed E-state index contributed by atoms with van der Waals surface area (Å²) in [6.07, 6.45) is 0.900. The van der Waals surface area contributed by atoms with Gasteiger partial charge in [-0.3, -0.25) is 4.72 Å². The summed E-state index contributed by atoms with van der Waals surface area (Å²) in [5.74, 6) is -0.710. The molecule has 5 aromatic carbocycles. The normalized spacial score (nSPS) is 12.3. The smallest absolute Gasteiger partial charge is 0.744 e. The summed E-state index contributed by atoms with van der Waals surface area (Å²) in [5.41, 5.74) is -0.0445. The molecule has 0 saturated heterocycles. The van der Waals surface area contributed by atoms with Crippen molar-refractivity contribution in [2.75, 3.05) is 18.1 Å². The van der Waals surface area contributed by atoms with Crippen molar-refractivity contribution in [1.82, 2.24) is 0 Å². The second-order valence-electron chi connectivity index (χ2n) is 10.8. The first-order valence-corrected chi connectivity index (χ1v) is 19.9. The van der Waals surface area contributed by atoms with Crippen LogP contribution in [0.1, 0.15) is 5.56 Å². The van der Waals surface area contributed by atoms with Gasteiger partial charge in [-0.1, -0.05) is 6.07 Å². The number of hydrogen-bond acceptors (Lipinski definition) is 17. The van der Waals surface area contributed by atoms with E-state index in [-0.39, 0.29) is 139 Å². The topological polar surface area (TPSA) is 297 Å². The van der Waals surface area contributed by atoms with Crippen LogP contribution in [0.3, 0.4) is 0 Å². The molecule has 0 unspecified atom stereocenters. The number of nitrogens with zero attached hydrogens (tertiary/aromatic N) is 4. The van der Waals surface area contributed by atoms with E-state index in [0.717, 1.165) is 24.5 Å². The molecular formula is C29H22N5Na3O13S4. The minimum Gasteiger partial charge on any atom is -0.744 e. The number of azo groups is 2. The fraction of sp³-hybridized carbons (Fsp3) is 0.103. The Balaban J connectivity index is 0.00000336. The van der Waals surface area contributed by atoms with Crippen LogP contribution in [0.25, 0.3) is 21.5 Å². The van der Waals surface area contributed by atoms with Gasteiger partial charge in [-0.25, -0.2) is 33.7 Å². The molecule has 18 nitrogen and oxygen atoms in total. The van der Waals surface area contributed by atoms with E-state index in [1.165, 1.54) is 49.6 Å². The third-order valence-electron chi connectivity index (χ3n) is 7.08. The van der Waals surface area contributed by atoms with E-state index in [0.29, 0.717) is 11.6 Å². The number of fused-ring (bicyclic) bond motifs is 2. The molecule has 0 fully saturated rings. The van der Waals surface area contributed by atoms with Crippen LogP contribution in [0.5, 0.6) is 11.5 Å². The standard InChI is InChI=1S/C29H25N5O13S4.3Na/c1-15-8-24(32-33-28-27(51(44,45)46)11-17-9-19(34-48(3,36)37)6-7-21(17)29(28)35)25(47-2)14-23(15)31-30-18-5-4-16-10-20(49(38,39)40)13-26(22(16)12-18)50(41,42)43;;;/h4-14,34-35H,1-3H3,(H,38,39,40)(H,41,42,43)(H,44,45,46);;;/q;3*+1/p-3. The third-order valence-corrected chi connectivity index (χ3v) is 10.2. The molecule has 268 valence electrons. The molecule has 0 aromatic heterocycles. The Hall–Kier alpha value is -2.10. The average molecular weight is 846 g/mol. The van der Waals surface area contributed by atoms with Crippen molar-refractivity contribution in [3.63, 3.8) is 0 Å². The molecule has 5 rings (SSSR count). The van der Waals surface area contributed by atoms with Gasteiger partial charge in [0.15, 0.2) is 5.75 Å². The van der Waals surface area contributed by atoms with Gasteiger partial charge < -0.3 is 23.5 Å². The maximum absolute atomic E-state index is 12.2. The van der Waals surface area contributed by atoms with Gasteiger partial charge in [-0.05, 0) is 77.9 Å². The van der Waals surface area contributed by atoms with Gasteiger partial charge in [0.25, 0.3) is 0 Å². The molecule has 0 amide bonds. The molecular weight excluding hydrogens is 824 g/mol. The molecule has 54 heavy (non-hydrogen) atoms. The van der Waals surface area contributed by atoms with Gasteiger partial charge in [0, 0.05) is 22.5 Å². The predicted octanol–water partition coefficient (Wildman–Crippen LogP) is -4.06. The van der Waals surface area contributed by atoms with Gasteiger partial charge in [0.05, 0.1) is 39.4 Å². The Labute approximate surface area is 375 Å². The van der Waals surface area contributed by atoms with Crippen LogP contribution in [0, 0.1) is 6.92 Å². The van der Waals surface area contributed by atoms with E-state index in [1.807, 2.05) is 0 Å². The number of hydrogen-bond donors (Lipinski definition) is 2. The Morgan fingerprint density at radius 1 is 0.648 bits per heavy atom. The number of ether oxygens (including phenoxy) is 1. The van der Waals surface area contributed by atoms with Crippen LogP contribution in [0.4, 0.5) is 28.4 Å². The fourth-order valence-electron chi connectivity index (χ4n) is 4.84. The van der Waals surface area contributed by atoms with Crippen LogP contribution >= 0.6 is 0 Å². The minimum atomic E-state index is -5.25. The molecule has 0 aliphatic heterocycles. The number of phenolic OH excluding ortho intramolecular Hbond substituents is 1. The van der Waals surface area contributed by atoms with Crippen LogP contribution in [-0.4, -0.2) is 65.8 Å². The van der Waals surface area contributed by atoms with Crippen molar-refractivity contribution in [2.24, 2.45) is 20.5 Å². The summed E-state index contributed by atoms with van der Waals surface area (Å²) in [4.78, 5) is -2.79. The molecule has 25 heteroatoms. The van der Waals surface area contributed by atoms with E-state index in [1.54, 1.807) is 6.92 Å². The average Bonchev–Trinajstić information content (AvgIpc) is 3.00. The number of benzene rings is 5. The van der Waals surface area contributed by atoms with Crippen LogP contribution in [-0.2, 0) is 40.4 Å². The van der Waals surface area contributed by atoms with E-state index in [9.17, 15) is 52.4 Å². The summed E-state index contributed by atoms with van der Waals surface area (Å²) < 4.78 is 137. The zero-order valence-corrected chi connectivity index (χ0v) is 38.4. The number of sulfonamides is 1. The number of aryl methyl sites for hydroxylation is 1. The minimum absolute atomic E-state index is 0. The fourth-order valence-corrected chi connectivity index (χ4v) is 7.37. The van der Waals surface area contributed by atoms with Gasteiger partial charge in [0.2, 0.25) is 10.0 Å². The third kappa shape index (κ3) is 11.3. The molecule has 0 aliphatic carbocycles. The van der Waals surface area contributed by atoms with Crippen molar-refractivity contribution in [2.45, 2.75) is 21.6 Å². The summed E-state index contributed by atoms with van der Waals surface area (Å²) >= 11 is 0. The van der Waals surface area contributed by atoms with Gasteiger partial charge in [0.1, 0.15) is 47.5 Å². The maximum atomic E-state index is 12.2. The van der Waals surface area contributed by atoms with Crippen molar-refractivity contribution < 1.29 is 146 Å². The maximum Gasteiger partial charge on any atom is 1.00 e. The first kappa shape index (κ1) is 48.0. The van der Waals surface area contributed by atoms with Gasteiger partial charge in [-0.2, -0.15) is 10.2 Å². The van der Waals surface area contributed by atoms with Crippen molar-refractivity contribution in [3.05, 3.63) is 72.3 Å². The number of aromatic hydroxyl groups is 1. The Kier molecular flexibility index (Phi) is 16.0. The quantitative estimate of drug-likeness (QED) is 0.0770. The number of rotatable bonds is 10. The molecule has 0 atom stereocenters. The van der Waals surface area contributed by atoms with E-state index in [2.05, 4.69) is 25.2 Å². The van der Waals surface area contributed by atoms with Crippen LogP contribution in [0.2, 0.25) is 0 Å². The summed E-state index contributed by atoms with van der Waals surface area (Å²) in [7, 11) is -18.0. The number of anilines is 1. The predicted molar refractivity (Wildman–Crippen MR) is 178 cm³/mol. The van der Waals surface area contributed by atoms with E-state index < -0.39 is 66.5 Å². The molecule has 0 radical (unpaired) electrons. The molecule has 0 spiro atoms. The number of nitrogens with one attached hydrogen (secondary N) is 1. The second kappa shape index (κ2) is 18.0. The second-order valence-corrected chi connectivity index (χ2v) is 16.6. The molecule has 2 N–H and O–H groups in total. The Morgan fingerprint density at radius 3 is 1.85 bits per heavy atom. The van der Waals surface area contributed by atoms with Crippen LogP contribution < -0.4 is 98.1 Å². The molecule has 0 heterocycles. The first-order valence-electron chi connectivity index (χ1n) is 13.8. The SMILES string of the molecule is COc1cc(N=Nc2ccc3cc(S(=O)(=O)[O-])cc(S(=O)(=O)[O-])c3c2)c(C)cc1N=Nc1c(S(=O)(=O)[O-])cc2cc(NS(C)(=O)=O)ccc2c1O.[Na+].[Na+].[Na+]. The Bertz CT molecular complexity index is 2800.